The van der Waals surface area contributed by atoms with Crippen LogP contribution in [-0.4, -0.2) is 5.11 Å². The van der Waals surface area contributed by atoms with E-state index in [1.54, 1.807) is 11.3 Å². The zero-order valence-corrected chi connectivity index (χ0v) is 9.26. The lowest BCUT2D eigenvalue weighted by atomic mass is 9.92. The molecule has 76 valence electrons. The quantitative estimate of drug-likeness (QED) is 0.791. The Morgan fingerprint density at radius 2 is 2.07 bits per heavy atom. The van der Waals surface area contributed by atoms with E-state index in [1.807, 2.05) is 0 Å². The molecule has 1 aromatic heterocycles. The molecule has 0 aliphatic heterocycles. The van der Waals surface area contributed by atoms with E-state index >= 15 is 0 Å². The van der Waals surface area contributed by atoms with Gasteiger partial charge in [0.15, 0.2) is 0 Å². The van der Waals surface area contributed by atoms with E-state index in [-0.39, 0.29) is 6.10 Å². The van der Waals surface area contributed by atoms with Gasteiger partial charge in [-0.2, -0.15) is 0 Å². The molecule has 0 aromatic carbocycles. The number of rotatable bonds is 2. The molecule has 1 aromatic rings. The average Bonchev–Trinajstić information content (AvgIpc) is 2.64. The summed E-state index contributed by atoms with van der Waals surface area (Å²) >= 11 is 1.74. The van der Waals surface area contributed by atoms with Gasteiger partial charge in [-0.05, 0) is 60.9 Å². The molecule has 2 aliphatic carbocycles. The summed E-state index contributed by atoms with van der Waals surface area (Å²) in [4.78, 5) is 1.29. The molecule has 0 saturated heterocycles. The maximum atomic E-state index is 10.2. The van der Waals surface area contributed by atoms with Crippen LogP contribution in [0.5, 0.6) is 0 Å². The number of hydrogen-bond acceptors (Lipinski definition) is 2. The molecule has 2 heteroatoms. The molecule has 3 rings (SSSR count). The minimum atomic E-state index is -0.186. The third kappa shape index (κ3) is 1.32. The number of thiophene rings is 1. The molecule has 3 atom stereocenters. The number of aliphatic hydroxyl groups excluding tert-OH is 1. The SMILES string of the molecule is Cc1sccc1C(O)C1CC2CC2C1. The van der Waals surface area contributed by atoms with Crippen molar-refractivity contribution in [1.82, 2.24) is 0 Å². The summed E-state index contributed by atoms with van der Waals surface area (Å²) in [5.41, 5.74) is 1.18. The summed E-state index contributed by atoms with van der Waals surface area (Å²) < 4.78 is 0. The molecule has 0 radical (unpaired) electrons. The van der Waals surface area contributed by atoms with Gasteiger partial charge < -0.3 is 5.11 Å². The first-order valence-corrected chi connectivity index (χ1v) is 6.35. The fourth-order valence-corrected chi connectivity index (χ4v) is 3.72. The van der Waals surface area contributed by atoms with Crippen LogP contribution in [0.15, 0.2) is 11.4 Å². The lowest BCUT2D eigenvalue weighted by Crippen LogP contribution is -2.10. The second-order valence-corrected chi connectivity index (χ2v) is 5.98. The summed E-state index contributed by atoms with van der Waals surface area (Å²) in [6.45, 7) is 2.11. The molecule has 1 N–H and O–H groups in total. The summed E-state index contributed by atoms with van der Waals surface area (Å²) in [7, 11) is 0. The number of aliphatic hydroxyl groups is 1. The molecule has 0 spiro atoms. The Labute approximate surface area is 88.8 Å². The first-order chi connectivity index (χ1) is 6.75. The summed E-state index contributed by atoms with van der Waals surface area (Å²) in [5, 5.41) is 12.3. The molecule has 1 heterocycles. The highest BCUT2D eigenvalue weighted by Crippen LogP contribution is 2.57. The smallest absolute Gasteiger partial charge is 0.0829 e. The van der Waals surface area contributed by atoms with Crippen molar-refractivity contribution < 1.29 is 5.11 Å². The number of aryl methyl sites for hydroxylation is 1. The van der Waals surface area contributed by atoms with E-state index < -0.39 is 0 Å². The standard InChI is InChI=1S/C12H16OS/c1-7-11(2-3-14-7)12(13)10-5-8-4-9(8)6-10/h2-3,8-10,12-13H,4-6H2,1H3. The van der Waals surface area contributed by atoms with Gasteiger partial charge in [-0.15, -0.1) is 11.3 Å². The van der Waals surface area contributed by atoms with E-state index in [0.29, 0.717) is 5.92 Å². The molecular formula is C12H16OS. The zero-order chi connectivity index (χ0) is 9.71. The highest BCUT2D eigenvalue weighted by Gasteiger charge is 2.48. The van der Waals surface area contributed by atoms with E-state index in [0.717, 1.165) is 11.8 Å². The van der Waals surface area contributed by atoms with Crippen LogP contribution < -0.4 is 0 Å². The third-order valence-electron chi connectivity index (χ3n) is 3.94. The van der Waals surface area contributed by atoms with Crippen LogP contribution in [-0.2, 0) is 0 Å². The Morgan fingerprint density at radius 1 is 1.36 bits per heavy atom. The first-order valence-electron chi connectivity index (χ1n) is 5.47. The largest absolute Gasteiger partial charge is 0.388 e. The molecule has 2 fully saturated rings. The van der Waals surface area contributed by atoms with E-state index in [9.17, 15) is 5.11 Å². The first kappa shape index (κ1) is 8.93. The molecule has 0 bridgehead atoms. The second-order valence-electron chi connectivity index (χ2n) is 4.86. The van der Waals surface area contributed by atoms with Crippen molar-refractivity contribution in [2.24, 2.45) is 17.8 Å². The van der Waals surface area contributed by atoms with Crippen molar-refractivity contribution in [2.75, 3.05) is 0 Å². The Morgan fingerprint density at radius 3 is 2.64 bits per heavy atom. The van der Waals surface area contributed by atoms with Gasteiger partial charge >= 0.3 is 0 Å². The molecular weight excluding hydrogens is 192 g/mol. The number of hydrogen-bond donors (Lipinski definition) is 1. The normalized spacial score (nSPS) is 36.9. The van der Waals surface area contributed by atoms with Crippen molar-refractivity contribution in [3.63, 3.8) is 0 Å². The van der Waals surface area contributed by atoms with Crippen molar-refractivity contribution >= 4 is 11.3 Å². The Balaban J connectivity index is 1.76. The summed E-state index contributed by atoms with van der Waals surface area (Å²) in [5.74, 6) is 2.48. The maximum absolute atomic E-state index is 10.2. The fourth-order valence-electron chi connectivity index (χ4n) is 2.97. The van der Waals surface area contributed by atoms with Gasteiger partial charge in [-0.3, -0.25) is 0 Å². The van der Waals surface area contributed by atoms with Crippen LogP contribution in [0.2, 0.25) is 0 Å². The van der Waals surface area contributed by atoms with E-state index in [2.05, 4.69) is 18.4 Å². The lowest BCUT2D eigenvalue weighted by Gasteiger charge is -2.19. The highest BCUT2D eigenvalue weighted by molar-refractivity contribution is 7.10. The lowest BCUT2D eigenvalue weighted by molar-refractivity contribution is 0.104. The Kier molecular flexibility index (Phi) is 1.96. The monoisotopic (exact) mass is 208 g/mol. The van der Waals surface area contributed by atoms with Gasteiger partial charge in [0, 0.05) is 4.88 Å². The predicted molar refractivity (Wildman–Crippen MR) is 58.3 cm³/mol. The maximum Gasteiger partial charge on any atom is 0.0829 e. The van der Waals surface area contributed by atoms with Crippen molar-refractivity contribution in [1.29, 1.82) is 0 Å². The van der Waals surface area contributed by atoms with Crippen LogP contribution in [0, 0.1) is 24.7 Å². The van der Waals surface area contributed by atoms with Gasteiger partial charge in [-0.1, -0.05) is 0 Å². The summed E-state index contributed by atoms with van der Waals surface area (Å²) in [6.07, 6.45) is 3.78. The van der Waals surface area contributed by atoms with Gasteiger partial charge in [0.1, 0.15) is 0 Å². The van der Waals surface area contributed by atoms with Crippen LogP contribution in [0.3, 0.4) is 0 Å². The molecule has 2 saturated carbocycles. The molecule has 2 aliphatic rings. The van der Waals surface area contributed by atoms with Gasteiger partial charge in [0.25, 0.3) is 0 Å². The average molecular weight is 208 g/mol. The van der Waals surface area contributed by atoms with Crippen molar-refractivity contribution in [2.45, 2.75) is 32.3 Å². The van der Waals surface area contributed by atoms with Crippen LogP contribution >= 0.6 is 11.3 Å². The van der Waals surface area contributed by atoms with Crippen LogP contribution in [0.4, 0.5) is 0 Å². The summed E-state index contributed by atoms with van der Waals surface area (Å²) in [6, 6.07) is 2.09. The van der Waals surface area contributed by atoms with Crippen molar-refractivity contribution in [3.8, 4) is 0 Å². The van der Waals surface area contributed by atoms with Crippen LogP contribution in [0.1, 0.15) is 35.8 Å². The zero-order valence-electron chi connectivity index (χ0n) is 8.44. The molecule has 1 nitrogen and oxygen atoms in total. The third-order valence-corrected chi connectivity index (χ3v) is 4.81. The van der Waals surface area contributed by atoms with E-state index in [4.69, 9.17) is 0 Å². The minimum absolute atomic E-state index is 0.186. The van der Waals surface area contributed by atoms with Gasteiger partial charge in [0.2, 0.25) is 0 Å². The molecule has 0 amide bonds. The van der Waals surface area contributed by atoms with E-state index in [1.165, 1.54) is 29.7 Å². The van der Waals surface area contributed by atoms with Gasteiger partial charge in [0.05, 0.1) is 6.10 Å². The Hall–Kier alpha value is -0.340. The van der Waals surface area contributed by atoms with Crippen LogP contribution in [0.25, 0.3) is 0 Å². The highest BCUT2D eigenvalue weighted by atomic mass is 32.1. The molecule has 3 unspecified atom stereocenters. The van der Waals surface area contributed by atoms with Crippen molar-refractivity contribution in [3.05, 3.63) is 21.9 Å². The second kappa shape index (κ2) is 3.07. The molecule has 14 heavy (non-hydrogen) atoms. The fraction of sp³-hybridized carbons (Fsp3) is 0.667. The minimum Gasteiger partial charge on any atom is -0.388 e. The Bertz CT molecular complexity index is 334. The predicted octanol–water partition coefficient (Wildman–Crippen LogP) is 3.14. The number of fused-ring (bicyclic) bond motifs is 1. The topological polar surface area (TPSA) is 20.2 Å². The van der Waals surface area contributed by atoms with Gasteiger partial charge in [-0.25, -0.2) is 0 Å².